The second-order valence-electron chi connectivity index (χ2n) is 8.74. The van der Waals surface area contributed by atoms with Gasteiger partial charge in [0.2, 0.25) is 11.7 Å². The lowest BCUT2D eigenvalue weighted by atomic mass is 9.49. The van der Waals surface area contributed by atoms with Crippen molar-refractivity contribution in [2.24, 2.45) is 23.2 Å². The van der Waals surface area contributed by atoms with Crippen LogP contribution in [0, 0.1) is 23.2 Å². The topological polar surface area (TPSA) is 77.2 Å². The fraction of sp³-hybridized carbons (Fsp3) is 0.500. The third-order valence-electron chi connectivity index (χ3n) is 6.74. The third-order valence-corrected chi connectivity index (χ3v) is 6.74. The van der Waals surface area contributed by atoms with Gasteiger partial charge in [0.15, 0.2) is 5.69 Å². The van der Waals surface area contributed by atoms with Gasteiger partial charge in [-0.05, 0) is 90.9 Å². The van der Waals surface area contributed by atoms with Crippen molar-refractivity contribution < 1.29 is 14.2 Å². The zero-order valence-corrected chi connectivity index (χ0v) is 15.9. The molecule has 0 spiro atoms. The predicted molar refractivity (Wildman–Crippen MR) is 105 cm³/mol. The maximum Gasteiger partial charge on any atom is 0.231 e. The maximum absolute atomic E-state index is 13.3. The van der Waals surface area contributed by atoms with Gasteiger partial charge in [0.25, 0.3) is 0 Å². The van der Waals surface area contributed by atoms with Gasteiger partial charge in [-0.25, -0.2) is 4.63 Å². The van der Waals surface area contributed by atoms with E-state index in [-0.39, 0.29) is 11.3 Å². The number of rotatable bonds is 6. The van der Waals surface area contributed by atoms with Crippen LogP contribution < -0.4 is 10.1 Å². The first-order chi connectivity index (χ1) is 13.6. The van der Waals surface area contributed by atoms with Gasteiger partial charge in [-0.1, -0.05) is 12.7 Å². The summed E-state index contributed by atoms with van der Waals surface area (Å²) < 4.78 is 10.5. The van der Waals surface area contributed by atoms with Crippen LogP contribution in [0.4, 0.5) is 5.82 Å². The van der Waals surface area contributed by atoms with Crippen LogP contribution in [-0.2, 0) is 4.79 Å². The van der Waals surface area contributed by atoms with Gasteiger partial charge in [0.05, 0.1) is 5.41 Å². The van der Waals surface area contributed by atoms with Gasteiger partial charge < -0.3 is 10.1 Å². The maximum atomic E-state index is 13.3. The van der Waals surface area contributed by atoms with Crippen LogP contribution in [0.2, 0.25) is 0 Å². The van der Waals surface area contributed by atoms with E-state index in [1.807, 2.05) is 24.3 Å². The highest BCUT2D eigenvalue weighted by Gasteiger charge is 2.54. The molecule has 146 valence electrons. The Morgan fingerprint density at radius 3 is 2.39 bits per heavy atom. The van der Waals surface area contributed by atoms with Crippen LogP contribution in [0.1, 0.15) is 38.5 Å². The van der Waals surface area contributed by atoms with E-state index in [1.165, 1.54) is 19.3 Å². The van der Waals surface area contributed by atoms with Gasteiger partial charge in [0, 0.05) is 5.56 Å². The molecule has 4 aliphatic carbocycles. The molecule has 4 fully saturated rings. The lowest BCUT2D eigenvalue weighted by Crippen LogP contribution is -2.51. The van der Waals surface area contributed by atoms with Crippen molar-refractivity contribution in [3.05, 3.63) is 36.9 Å². The monoisotopic (exact) mass is 379 g/mol. The van der Waals surface area contributed by atoms with Crippen molar-refractivity contribution in [3.8, 4) is 17.0 Å². The van der Waals surface area contributed by atoms with E-state index in [0.29, 0.717) is 18.1 Å². The van der Waals surface area contributed by atoms with E-state index in [0.717, 1.165) is 48.3 Å². The molecule has 2 aromatic rings. The first-order valence-electron chi connectivity index (χ1n) is 10.1. The van der Waals surface area contributed by atoms with Gasteiger partial charge in [-0.15, -0.1) is 0 Å². The Morgan fingerprint density at radius 2 is 1.79 bits per heavy atom. The largest absolute Gasteiger partial charge is 0.490 e. The first kappa shape index (κ1) is 17.5. The highest BCUT2D eigenvalue weighted by molar-refractivity contribution is 5.97. The number of nitrogens with zero attached hydrogens (tertiary/aromatic N) is 2. The number of carbonyl (C=O) groups is 1. The molecule has 6 rings (SSSR count). The van der Waals surface area contributed by atoms with E-state index >= 15 is 0 Å². The molecule has 0 saturated heterocycles. The number of nitrogens with one attached hydrogen (secondary N) is 1. The number of aromatic nitrogens is 2. The smallest absolute Gasteiger partial charge is 0.231 e. The fourth-order valence-corrected chi connectivity index (χ4v) is 5.95. The molecule has 4 bridgehead atoms. The molecule has 6 nitrogen and oxygen atoms in total. The minimum Gasteiger partial charge on any atom is -0.490 e. The molecular weight excluding hydrogens is 354 g/mol. The van der Waals surface area contributed by atoms with Gasteiger partial charge >= 0.3 is 0 Å². The third kappa shape index (κ3) is 3.01. The summed E-state index contributed by atoms with van der Waals surface area (Å²) in [5.74, 6) is 3.40. The van der Waals surface area contributed by atoms with Crippen molar-refractivity contribution in [1.29, 1.82) is 0 Å². The van der Waals surface area contributed by atoms with Crippen LogP contribution in [0.3, 0.4) is 0 Å². The molecular formula is C22H25N3O3. The zero-order valence-electron chi connectivity index (χ0n) is 15.9. The summed E-state index contributed by atoms with van der Waals surface area (Å²) in [6.07, 6.45) is 8.67. The average molecular weight is 379 g/mol. The highest BCUT2D eigenvalue weighted by atomic mass is 16.6. The summed E-state index contributed by atoms with van der Waals surface area (Å²) in [5.41, 5.74) is 1.15. The molecule has 0 radical (unpaired) electrons. The average Bonchev–Trinajstić information content (AvgIpc) is 3.14. The Kier molecular flexibility index (Phi) is 4.22. The molecule has 0 unspecified atom stereocenters. The second kappa shape index (κ2) is 6.76. The lowest BCUT2D eigenvalue weighted by molar-refractivity contribution is -0.140. The van der Waals surface area contributed by atoms with E-state index in [9.17, 15) is 4.79 Å². The molecule has 1 N–H and O–H groups in total. The fourth-order valence-electron chi connectivity index (χ4n) is 5.95. The van der Waals surface area contributed by atoms with E-state index in [2.05, 4.69) is 22.2 Å². The molecule has 1 heterocycles. The Morgan fingerprint density at radius 1 is 1.14 bits per heavy atom. The van der Waals surface area contributed by atoms with Crippen LogP contribution >= 0.6 is 0 Å². The number of hydrogen-bond donors (Lipinski definition) is 1. The Balaban J connectivity index is 1.34. The summed E-state index contributed by atoms with van der Waals surface area (Å²) >= 11 is 0. The number of hydrogen-bond acceptors (Lipinski definition) is 5. The van der Waals surface area contributed by atoms with Crippen molar-refractivity contribution in [3.63, 3.8) is 0 Å². The summed E-state index contributed by atoms with van der Waals surface area (Å²) in [6.45, 7) is 4.10. The van der Waals surface area contributed by atoms with Gasteiger partial charge in [-0.2, -0.15) is 0 Å². The minimum atomic E-state index is -0.229. The van der Waals surface area contributed by atoms with Crippen LogP contribution in [-0.4, -0.2) is 22.8 Å². The minimum absolute atomic E-state index is 0.0921. The Hall–Kier alpha value is -2.63. The van der Waals surface area contributed by atoms with Crippen LogP contribution in [0.25, 0.3) is 11.3 Å². The van der Waals surface area contributed by atoms with E-state index < -0.39 is 0 Å². The summed E-state index contributed by atoms with van der Waals surface area (Å²) in [6, 6.07) is 7.49. The quantitative estimate of drug-likeness (QED) is 0.750. The number of benzene rings is 1. The summed E-state index contributed by atoms with van der Waals surface area (Å²) in [4.78, 5) is 13.3. The van der Waals surface area contributed by atoms with Gasteiger partial charge in [-0.3, -0.25) is 4.79 Å². The van der Waals surface area contributed by atoms with Crippen LogP contribution in [0.15, 0.2) is 41.5 Å². The standard InChI is InChI=1S/C22H25N3O3/c1-2-7-27-18-5-3-17(4-6-18)19-20(25-28-24-19)23-21(26)22-11-14-8-15(12-22)10-16(9-14)13-22/h2-6,14-16H,1,7-13H2,(H,23,25,26). The predicted octanol–water partition coefficient (Wildman–Crippen LogP) is 4.46. The Bertz CT molecular complexity index is 851. The normalized spacial score (nSPS) is 30.2. The SMILES string of the molecule is C=CCOc1ccc(-c2nonc2NC(=O)C23CC4CC(CC(C4)C2)C3)cc1. The Labute approximate surface area is 164 Å². The van der Waals surface area contributed by atoms with Crippen molar-refractivity contribution in [2.45, 2.75) is 38.5 Å². The second-order valence-corrected chi connectivity index (χ2v) is 8.74. The zero-order chi connectivity index (χ0) is 19.1. The molecule has 6 heteroatoms. The molecule has 28 heavy (non-hydrogen) atoms. The molecule has 0 atom stereocenters. The van der Waals surface area contributed by atoms with E-state index in [1.54, 1.807) is 6.08 Å². The number of amides is 1. The molecule has 4 aliphatic rings. The summed E-state index contributed by atoms with van der Waals surface area (Å²) in [7, 11) is 0. The van der Waals surface area contributed by atoms with Gasteiger partial charge in [0.1, 0.15) is 12.4 Å². The molecule has 0 aliphatic heterocycles. The number of anilines is 1. The van der Waals surface area contributed by atoms with Crippen LogP contribution in [0.5, 0.6) is 5.75 Å². The molecule has 1 amide bonds. The summed E-state index contributed by atoms with van der Waals surface area (Å²) in [5, 5.41) is 11.0. The van der Waals surface area contributed by atoms with E-state index in [4.69, 9.17) is 9.37 Å². The first-order valence-corrected chi connectivity index (χ1v) is 10.1. The molecule has 1 aromatic carbocycles. The molecule has 4 saturated carbocycles. The number of carbonyl (C=O) groups excluding carboxylic acids is 1. The van der Waals surface area contributed by atoms with Crippen molar-refractivity contribution in [1.82, 2.24) is 10.3 Å². The van der Waals surface area contributed by atoms with Crippen molar-refractivity contribution >= 4 is 11.7 Å². The highest BCUT2D eigenvalue weighted by Crippen LogP contribution is 2.60. The lowest BCUT2D eigenvalue weighted by Gasteiger charge is -2.55. The number of ether oxygens (including phenoxy) is 1. The molecule has 1 aromatic heterocycles. The van der Waals surface area contributed by atoms with Crippen molar-refractivity contribution in [2.75, 3.05) is 11.9 Å².